The Bertz CT molecular complexity index is 1370. The summed E-state index contributed by atoms with van der Waals surface area (Å²) in [5.41, 5.74) is -2.31. The number of benzene rings is 1. The van der Waals surface area contributed by atoms with Crippen molar-refractivity contribution in [1.29, 1.82) is 0 Å². The smallest absolute Gasteiger partial charge is 0.345 e. The molecule has 1 atom stereocenters. The Hall–Kier alpha value is -4.55. The van der Waals surface area contributed by atoms with Crippen LogP contribution >= 0.6 is 0 Å². The quantitative estimate of drug-likeness (QED) is 0.401. The molecular weight excluding hydrogens is 471 g/mol. The van der Waals surface area contributed by atoms with Crippen LogP contribution in [0.1, 0.15) is 41.4 Å². The van der Waals surface area contributed by atoms with Crippen LogP contribution in [0.4, 0.5) is 24.7 Å². The fourth-order valence-electron chi connectivity index (χ4n) is 3.16. The van der Waals surface area contributed by atoms with Gasteiger partial charge in [0.25, 0.3) is 17.2 Å². The highest BCUT2D eigenvalue weighted by molar-refractivity contribution is 5.94. The Morgan fingerprint density at radius 3 is 2.49 bits per heavy atom. The van der Waals surface area contributed by atoms with E-state index in [0.29, 0.717) is 11.8 Å². The van der Waals surface area contributed by atoms with Crippen molar-refractivity contribution >= 4 is 23.3 Å². The van der Waals surface area contributed by atoms with Crippen molar-refractivity contribution in [3.63, 3.8) is 0 Å². The number of nitro groups is 1. The van der Waals surface area contributed by atoms with E-state index in [-0.39, 0.29) is 22.9 Å². The molecule has 182 valence electrons. The summed E-state index contributed by atoms with van der Waals surface area (Å²) in [5.74, 6) is -0.932. The fourth-order valence-corrected chi connectivity index (χ4v) is 3.16. The van der Waals surface area contributed by atoms with Crippen LogP contribution in [0.2, 0.25) is 0 Å². The number of alkyl halides is 3. The minimum absolute atomic E-state index is 0.00387. The van der Waals surface area contributed by atoms with Gasteiger partial charge in [-0.05, 0) is 30.7 Å². The molecule has 3 rings (SSSR count). The number of amides is 2. The average molecular weight is 489 g/mol. The van der Waals surface area contributed by atoms with Crippen molar-refractivity contribution in [3.8, 4) is 5.69 Å². The zero-order chi connectivity index (χ0) is 25.9. The Balaban J connectivity index is 1.90. The number of carbonyl (C=O) groups is 2. The van der Waals surface area contributed by atoms with Crippen LogP contribution in [0, 0.1) is 10.1 Å². The molecule has 2 aromatic heterocycles. The van der Waals surface area contributed by atoms with Gasteiger partial charge in [0.05, 0.1) is 27.8 Å². The number of hydrogen-bond acceptors (Lipinski definition) is 6. The van der Waals surface area contributed by atoms with Gasteiger partial charge < -0.3 is 10.6 Å². The molecule has 0 spiro atoms. The summed E-state index contributed by atoms with van der Waals surface area (Å²) in [5, 5.41) is 16.0. The maximum Gasteiger partial charge on any atom is 0.416 e. The summed E-state index contributed by atoms with van der Waals surface area (Å²) in [7, 11) is 0. The van der Waals surface area contributed by atoms with E-state index >= 15 is 0 Å². The van der Waals surface area contributed by atoms with Crippen molar-refractivity contribution in [1.82, 2.24) is 14.9 Å². The molecule has 0 unspecified atom stereocenters. The van der Waals surface area contributed by atoms with Crippen LogP contribution in [-0.4, -0.2) is 26.3 Å². The van der Waals surface area contributed by atoms with Crippen LogP contribution < -0.4 is 16.2 Å². The van der Waals surface area contributed by atoms with Crippen LogP contribution in [0.15, 0.2) is 59.7 Å². The van der Waals surface area contributed by atoms with E-state index in [4.69, 9.17) is 0 Å². The summed E-state index contributed by atoms with van der Waals surface area (Å²) in [4.78, 5) is 50.5. The van der Waals surface area contributed by atoms with Gasteiger partial charge in [0, 0.05) is 43.6 Å². The molecule has 10 nitrogen and oxygen atoms in total. The first kappa shape index (κ1) is 25.1. The maximum absolute atomic E-state index is 13.2. The van der Waals surface area contributed by atoms with Gasteiger partial charge in [-0.2, -0.15) is 13.2 Å². The molecule has 0 fully saturated rings. The van der Waals surface area contributed by atoms with Gasteiger partial charge in [0.15, 0.2) is 0 Å². The highest BCUT2D eigenvalue weighted by Crippen LogP contribution is 2.34. The standard InChI is InChI=1S/C22H18F3N5O5/c1-12(15-7-16(22(23,24)25)9-18(8-15)30(34)35)27-21(33)14-3-4-20(32)29(11-14)17-5-6-26-19(10-17)28-13(2)31/h3-12H,1-2H3,(H,27,33)(H,26,28,31)/t12-/m1/s1. The first-order valence-electron chi connectivity index (χ1n) is 9.99. The lowest BCUT2D eigenvalue weighted by Crippen LogP contribution is -2.28. The molecule has 35 heavy (non-hydrogen) atoms. The Morgan fingerprint density at radius 2 is 1.86 bits per heavy atom. The third-order valence-corrected chi connectivity index (χ3v) is 4.82. The van der Waals surface area contributed by atoms with Crippen molar-refractivity contribution in [3.05, 3.63) is 92.0 Å². The summed E-state index contributed by atoms with van der Waals surface area (Å²) >= 11 is 0. The average Bonchev–Trinajstić information content (AvgIpc) is 2.78. The number of aromatic nitrogens is 2. The van der Waals surface area contributed by atoms with E-state index in [0.717, 1.165) is 22.8 Å². The van der Waals surface area contributed by atoms with E-state index in [1.54, 1.807) is 0 Å². The molecule has 0 saturated carbocycles. The molecule has 0 saturated heterocycles. The highest BCUT2D eigenvalue weighted by Gasteiger charge is 2.33. The number of non-ortho nitro benzene ring substituents is 1. The Labute approximate surface area is 195 Å². The molecule has 0 aliphatic rings. The lowest BCUT2D eigenvalue weighted by molar-refractivity contribution is -0.385. The number of nitrogens with one attached hydrogen (secondary N) is 2. The molecule has 1 aromatic carbocycles. The second kappa shape index (κ2) is 9.75. The fraction of sp³-hybridized carbons (Fsp3) is 0.182. The van der Waals surface area contributed by atoms with Gasteiger partial charge in [-0.15, -0.1) is 0 Å². The zero-order valence-corrected chi connectivity index (χ0v) is 18.3. The third kappa shape index (κ3) is 6.07. The van der Waals surface area contributed by atoms with Crippen molar-refractivity contribution in [2.45, 2.75) is 26.1 Å². The van der Waals surface area contributed by atoms with Crippen LogP contribution in [-0.2, 0) is 11.0 Å². The molecule has 13 heteroatoms. The monoisotopic (exact) mass is 489 g/mol. The molecule has 2 N–H and O–H groups in total. The summed E-state index contributed by atoms with van der Waals surface area (Å²) < 4.78 is 40.6. The summed E-state index contributed by atoms with van der Waals surface area (Å²) in [6, 6.07) is 6.28. The number of pyridine rings is 2. The normalized spacial score (nSPS) is 12.0. The number of hydrogen-bond donors (Lipinski definition) is 2. The van der Waals surface area contributed by atoms with E-state index in [1.165, 1.54) is 44.4 Å². The molecule has 0 aliphatic carbocycles. The zero-order valence-electron chi connectivity index (χ0n) is 18.3. The molecule has 0 aliphatic heterocycles. The lowest BCUT2D eigenvalue weighted by Gasteiger charge is -2.17. The molecule has 2 amide bonds. The molecular formula is C22H18F3N5O5. The first-order valence-corrected chi connectivity index (χ1v) is 9.99. The van der Waals surface area contributed by atoms with E-state index < -0.39 is 39.9 Å². The molecule has 0 bridgehead atoms. The number of anilines is 1. The number of rotatable bonds is 6. The predicted molar refractivity (Wildman–Crippen MR) is 118 cm³/mol. The van der Waals surface area contributed by atoms with Crippen molar-refractivity contribution in [2.75, 3.05) is 5.32 Å². The second-order valence-electron chi connectivity index (χ2n) is 7.47. The van der Waals surface area contributed by atoms with Crippen LogP contribution in [0.3, 0.4) is 0 Å². The Kier molecular flexibility index (Phi) is 6.99. The highest BCUT2D eigenvalue weighted by atomic mass is 19.4. The van der Waals surface area contributed by atoms with Gasteiger partial charge in [-0.3, -0.25) is 29.1 Å². The number of nitro benzene ring substituents is 1. The van der Waals surface area contributed by atoms with Gasteiger partial charge in [-0.25, -0.2) is 4.98 Å². The van der Waals surface area contributed by atoms with Gasteiger partial charge in [0.2, 0.25) is 5.91 Å². The van der Waals surface area contributed by atoms with Crippen molar-refractivity contribution < 1.29 is 27.7 Å². The van der Waals surface area contributed by atoms with Gasteiger partial charge in [-0.1, -0.05) is 0 Å². The largest absolute Gasteiger partial charge is 0.416 e. The van der Waals surface area contributed by atoms with Crippen LogP contribution in [0.25, 0.3) is 5.69 Å². The second-order valence-corrected chi connectivity index (χ2v) is 7.47. The molecule has 3 aromatic rings. The summed E-state index contributed by atoms with van der Waals surface area (Å²) in [6.45, 7) is 2.65. The minimum atomic E-state index is -4.82. The third-order valence-electron chi connectivity index (χ3n) is 4.82. The lowest BCUT2D eigenvalue weighted by atomic mass is 10.0. The van der Waals surface area contributed by atoms with Crippen molar-refractivity contribution in [2.24, 2.45) is 0 Å². The first-order chi connectivity index (χ1) is 16.3. The molecule has 2 heterocycles. The van der Waals surface area contributed by atoms with E-state index in [9.17, 15) is 37.7 Å². The van der Waals surface area contributed by atoms with Crippen LogP contribution in [0.5, 0.6) is 0 Å². The van der Waals surface area contributed by atoms with Gasteiger partial charge in [0.1, 0.15) is 5.82 Å². The number of carbonyl (C=O) groups excluding carboxylic acids is 2. The van der Waals surface area contributed by atoms with E-state index in [1.807, 2.05) is 0 Å². The number of nitrogens with zero attached hydrogens (tertiary/aromatic N) is 3. The topological polar surface area (TPSA) is 136 Å². The minimum Gasteiger partial charge on any atom is -0.345 e. The SMILES string of the molecule is CC(=O)Nc1cc(-n2cc(C(=O)N[C@H](C)c3cc([N+](=O)[O-])cc(C(F)(F)F)c3)ccc2=O)ccn1. The molecule has 0 radical (unpaired) electrons. The Morgan fingerprint density at radius 1 is 1.14 bits per heavy atom. The number of halogens is 3. The van der Waals surface area contributed by atoms with Gasteiger partial charge >= 0.3 is 6.18 Å². The summed E-state index contributed by atoms with van der Waals surface area (Å²) in [6.07, 6.45) is -2.26. The maximum atomic E-state index is 13.2. The van der Waals surface area contributed by atoms with E-state index in [2.05, 4.69) is 15.6 Å². The predicted octanol–water partition coefficient (Wildman–Crippen LogP) is 3.61.